The minimum Gasteiger partial charge on any atom is -0.449 e. The van der Waals surface area contributed by atoms with Gasteiger partial charge in [-0.15, -0.1) is 0 Å². The van der Waals surface area contributed by atoms with E-state index in [9.17, 15) is 19.5 Å². The van der Waals surface area contributed by atoms with Crippen LogP contribution in [0, 0.1) is 17.8 Å². The van der Waals surface area contributed by atoms with E-state index in [0.29, 0.717) is 24.5 Å². The van der Waals surface area contributed by atoms with E-state index in [-0.39, 0.29) is 23.2 Å². The summed E-state index contributed by atoms with van der Waals surface area (Å²) in [6.45, 7) is 8.05. The van der Waals surface area contributed by atoms with E-state index in [0.717, 1.165) is 12.8 Å². The van der Waals surface area contributed by atoms with Gasteiger partial charge in [-0.25, -0.2) is 4.79 Å². The van der Waals surface area contributed by atoms with E-state index in [1.807, 2.05) is 27.7 Å². The number of ether oxygens (including phenoxy) is 1. The Kier molecular flexibility index (Phi) is 8.68. The molecule has 1 aliphatic rings. The third kappa shape index (κ3) is 7.46. The number of carbonyl (C=O) groups is 2. The maximum absolute atomic E-state index is 12.9. The fourth-order valence-electron chi connectivity index (χ4n) is 3.84. The molecule has 0 bridgehead atoms. The number of alkyl carbamates (subject to hydrolysis) is 1. The molecule has 1 fully saturated rings. The molecule has 0 radical (unpaired) electrons. The molecule has 29 heavy (non-hydrogen) atoms. The number of aliphatic hydroxyl groups excluding tert-OH is 1. The lowest BCUT2D eigenvalue weighted by Crippen LogP contribution is -2.53. The Bertz CT molecular complexity index is 671. The van der Waals surface area contributed by atoms with Crippen molar-refractivity contribution in [2.45, 2.75) is 84.4 Å². The molecule has 3 atom stereocenters. The molecule has 2 amide bonds. The lowest BCUT2D eigenvalue weighted by molar-refractivity contribution is -0.125. The van der Waals surface area contributed by atoms with Gasteiger partial charge in [-0.3, -0.25) is 9.59 Å². The van der Waals surface area contributed by atoms with Gasteiger partial charge < -0.3 is 20.5 Å². The van der Waals surface area contributed by atoms with Crippen molar-refractivity contribution in [2.75, 3.05) is 6.61 Å². The normalized spacial score (nSPS) is 18.6. The van der Waals surface area contributed by atoms with Crippen molar-refractivity contribution in [1.29, 1.82) is 0 Å². The first-order valence-electron chi connectivity index (χ1n) is 10.9. The van der Waals surface area contributed by atoms with Gasteiger partial charge in [0.2, 0.25) is 5.91 Å². The van der Waals surface area contributed by atoms with Crippen molar-refractivity contribution in [3.8, 4) is 0 Å². The maximum Gasteiger partial charge on any atom is 0.407 e. The Labute approximate surface area is 173 Å². The van der Waals surface area contributed by atoms with Gasteiger partial charge in [0.25, 0.3) is 0 Å². The zero-order valence-corrected chi connectivity index (χ0v) is 18.1. The predicted octanol–water partition coefficient (Wildman–Crippen LogP) is 2.82. The van der Waals surface area contributed by atoms with Crippen molar-refractivity contribution in [3.63, 3.8) is 0 Å². The van der Waals surface area contributed by atoms with Gasteiger partial charge in [0.05, 0.1) is 12.6 Å². The first kappa shape index (κ1) is 23.4. The minimum atomic E-state index is -1.04. The standard InChI is InChI=1S/C22H36N2O5/c1-13(2)10-17(23-22(28)29-12-15-8-6-5-7-9-15)21(27)24-19(14(3)4)20(26)16-11-18(16)25/h11,13-15,17,19-20,26H,5-10,12H2,1-4H3,(H,23,28)(H,24,27)/t17?,19-,20?/m0/s1. The van der Waals surface area contributed by atoms with Crippen LogP contribution in [0.5, 0.6) is 0 Å². The molecule has 2 rings (SSSR count). The maximum atomic E-state index is 12.9. The largest absolute Gasteiger partial charge is 0.449 e. The van der Waals surface area contributed by atoms with Gasteiger partial charge in [-0.1, -0.05) is 47.0 Å². The lowest BCUT2D eigenvalue weighted by atomic mass is 9.90. The van der Waals surface area contributed by atoms with E-state index in [2.05, 4.69) is 10.6 Å². The Morgan fingerprint density at radius 1 is 1.14 bits per heavy atom. The average Bonchev–Trinajstić information content (AvgIpc) is 3.40. The SMILES string of the molecule is CC(C)CC(NC(=O)OCC1CCCCC1)C(=O)N[C@@H](C(C)C)C(O)c1cc1=O. The molecule has 0 aromatic heterocycles. The van der Waals surface area contributed by atoms with Crippen molar-refractivity contribution in [1.82, 2.24) is 10.6 Å². The number of carbonyl (C=O) groups excluding carboxylic acids is 2. The number of rotatable bonds is 10. The lowest BCUT2D eigenvalue weighted by Gasteiger charge is -2.29. The van der Waals surface area contributed by atoms with Crippen molar-refractivity contribution in [2.24, 2.45) is 17.8 Å². The molecule has 7 heteroatoms. The summed E-state index contributed by atoms with van der Waals surface area (Å²) in [5.74, 6) is 0.122. The molecule has 1 aromatic rings. The van der Waals surface area contributed by atoms with E-state index < -0.39 is 24.3 Å². The van der Waals surface area contributed by atoms with Gasteiger partial charge in [0.1, 0.15) is 12.1 Å². The van der Waals surface area contributed by atoms with Crippen LogP contribution in [-0.4, -0.2) is 35.8 Å². The van der Waals surface area contributed by atoms with E-state index in [4.69, 9.17) is 4.74 Å². The van der Waals surface area contributed by atoms with Crippen molar-refractivity contribution >= 4 is 12.0 Å². The molecular weight excluding hydrogens is 372 g/mol. The summed E-state index contributed by atoms with van der Waals surface area (Å²) in [5.41, 5.74) is 0.157. The minimum absolute atomic E-state index is 0.0822. The first-order valence-corrected chi connectivity index (χ1v) is 10.9. The van der Waals surface area contributed by atoms with Crippen LogP contribution in [-0.2, 0) is 9.53 Å². The number of amides is 2. The molecular formula is C22H36N2O5. The van der Waals surface area contributed by atoms with Crippen LogP contribution in [0.15, 0.2) is 10.9 Å². The smallest absolute Gasteiger partial charge is 0.407 e. The van der Waals surface area contributed by atoms with Crippen LogP contribution in [0.2, 0.25) is 0 Å². The molecule has 0 heterocycles. The molecule has 1 aliphatic carbocycles. The summed E-state index contributed by atoms with van der Waals surface area (Å²) in [5, 5.41) is 15.9. The van der Waals surface area contributed by atoms with Gasteiger partial charge in [0, 0.05) is 5.56 Å². The zero-order valence-electron chi connectivity index (χ0n) is 18.1. The summed E-state index contributed by atoms with van der Waals surface area (Å²) >= 11 is 0. The van der Waals surface area contributed by atoms with Crippen LogP contribution in [0.3, 0.4) is 0 Å². The molecule has 0 saturated heterocycles. The van der Waals surface area contributed by atoms with Gasteiger partial charge in [0.15, 0.2) is 5.43 Å². The summed E-state index contributed by atoms with van der Waals surface area (Å²) in [7, 11) is 0. The van der Waals surface area contributed by atoms with E-state index in [1.54, 1.807) is 0 Å². The van der Waals surface area contributed by atoms with Crippen molar-refractivity contribution < 1.29 is 19.4 Å². The van der Waals surface area contributed by atoms with E-state index >= 15 is 0 Å². The number of hydrogen-bond donors (Lipinski definition) is 3. The highest BCUT2D eigenvalue weighted by molar-refractivity contribution is 5.85. The van der Waals surface area contributed by atoms with Crippen LogP contribution in [0.25, 0.3) is 0 Å². The molecule has 0 aliphatic heterocycles. The Hall–Kier alpha value is -1.89. The summed E-state index contributed by atoms with van der Waals surface area (Å²) < 4.78 is 5.37. The second kappa shape index (κ2) is 10.8. The topological polar surface area (TPSA) is 105 Å². The predicted molar refractivity (Wildman–Crippen MR) is 111 cm³/mol. The Balaban J connectivity index is 1.93. The van der Waals surface area contributed by atoms with Gasteiger partial charge >= 0.3 is 6.09 Å². The van der Waals surface area contributed by atoms with Crippen LogP contribution in [0.1, 0.15) is 77.9 Å². The van der Waals surface area contributed by atoms with Crippen LogP contribution < -0.4 is 16.1 Å². The third-order valence-electron chi connectivity index (χ3n) is 5.66. The van der Waals surface area contributed by atoms with Crippen molar-refractivity contribution in [3.05, 3.63) is 21.9 Å². The first-order chi connectivity index (χ1) is 13.7. The highest BCUT2D eigenvalue weighted by Crippen LogP contribution is 2.24. The molecule has 3 N–H and O–H groups in total. The van der Waals surface area contributed by atoms with Gasteiger partial charge in [-0.2, -0.15) is 0 Å². The molecule has 1 aromatic carbocycles. The molecule has 164 valence electrons. The highest BCUT2D eigenvalue weighted by Gasteiger charge is 2.33. The second-order valence-electron chi connectivity index (χ2n) is 9.12. The summed E-state index contributed by atoms with van der Waals surface area (Å²) in [4.78, 5) is 36.5. The Morgan fingerprint density at radius 2 is 1.76 bits per heavy atom. The van der Waals surface area contributed by atoms with E-state index in [1.165, 1.54) is 25.3 Å². The molecule has 2 unspecified atom stereocenters. The second-order valence-corrected chi connectivity index (χ2v) is 9.12. The van der Waals surface area contributed by atoms with Gasteiger partial charge in [-0.05, 0) is 43.1 Å². The third-order valence-corrected chi connectivity index (χ3v) is 5.66. The van der Waals surface area contributed by atoms with Crippen LogP contribution >= 0.6 is 0 Å². The molecule has 1 saturated carbocycles. The fraction of sp³-hybridized carbons (Fsp3) is 0.773. The zero-order chi connectivity index (χ0) is 21.6. The highest BCUT2D eigenvalue weighted by atomic mass is 16.5. The van der Waals surface area contributed by atoms with Crippen LogP contribution in [0.4, 0.5) is 4.79 Å². The number of aliphatic hydroxyl groups is 1. The molecule has 0 spiro atoms. The quantitative estimate of drug-likeness (QED) is 0.552. The summed E-state index contributed by atoms with van der Waals surface area (Å²) in [6.07, 6.45) is 4.56. The summed E-state index contributed by atoms with van der Waals surface area (Å²) in [6, 6.07) is 0.0136. The monoisotopic (exact) mass is 408 g/mol. The number of nitrogens with one attached hydrogen (secondary N) is 2. The average molecular weight is 409 g/mol. The fourth-order valence-corrected chi connectivity index (χ4v) is 3.84. The number of hydrogen-bond acceptors (Lipinski definition) is 5. The molecule has 7 nitrogen and oxygen atoms in total. The Morgan fingerprint density at radius 3 is 2.28 bits per heavy atom.